The summed E-state index contributed by atoms with van der Waals surface area (Å²) in [5.41, 5.74) is 4.06. The Morgan fingerprint density at radius 3 is 1.65 bits per heavy atom. The van der Waals surface area contributed by atoms with Gasteiger partial charge in [-0.15, -0.1) is 0 Å². The molecule has 0 saturated carbocycles. The third-order valence-electron chi connectivity index (χ3n) is 6.62. The van der Waals surface area contributed by atoms with E-state index in [1.165, 1.54) is 6.07 Å². The van der Waals surface area contributed by atoms with Crippen LogP contribution in [0.4, 0.5) is 56.6 Å². The second kappa shape index (κ2) is 16.0. The van der Waals surface area contributed by atoms with Gasteiger partial charge in [-0.1, -0.05) is 23.7 Å². The van der Waals surface area contributed by atoms with Crippen LogP contribution in [-0.2, 0) is 15.8 Å². The molecule has 1 saturated heterocycles. The fourth-order valence-electron chi connectivity index (χ4n) is 4.22. The molecule has 3 aromatic rings. The number of aliphatic carboxylic acids is 2. The Bertz CT molecular complexity index is 1510. The zero-order chi connectivity index (χ0) is 36.6. The zero-order valence-electron chi connectivity index (χ0n) is 25.3. The average Bonchev–Trinajstić information content (AvgIpc) is 3.00. The standard InChI is InChI=1S/C26H27ClF3N3O.2C2HF3O2/c1-31(2)19-6-4-18(5-7-19)22-17-21(34-3)9-11-25(22)33-14-12-32(13-15-33)20-8-10-24(27)23(16-20)26(28,29)30;2*3-2(4,5)1(6)7/h4-11,16-17H,12-15H2,1-3H3;2*(H,6,7). The molecule has 1 aliphatic rings. The van der Waals surface area contributed by atoms with Gasteiger partial charge in [-0.2, -0.15) is 39.5 Å². The topological polar surface area (TPSA) is 93.5 Å². The van der Waals surface area contributed by atoms with E-state index in [9.17, 15) is 39.5 Å². The lowest BCUT2D eigenvalue weighted by Crippen LogP contribution is -2.46. The van der Waals surface area contributed by atoms with Gasteiger partial charge in [0.15, 0.2) is 0 Å². The Balaban J connectivity index is 0.000000479. The second-order valence-electron chi connectivity index (χ2n) is 10.1. The highest BCUT2D eigenvalue weighted by atomic mass is 35.5. The first-order valence-corrected chi connectivity index (χ1v) is 13.9. The number of anilines is 3. The number of nitrogens with zero attached hydrogens (tertiary/aromatic N) is 3. The van der Waals surface area contributed by atoms with E-state index in [-0.39, 0.29) is 5.02 Å². The van der Waals surface area contributed by atoms with Gasteiger partial charge in [0.1, 0.15) is 5.75 Å². The van der Waals surface area contributed by atoms with E-state index in [1.807, 2.05) is 37.2 Å². The smallest absolute Gasteiger partial charge is 0.490 e. The van der Waals surface area contributed by atoms with E-state index in [0.29, 0.717) is 31.9 Å². The van der Waals surface area contributed by atoms with Gasteiger partial charge in [0.25, 0.3) is 0 Å². The van der Waals surface area contributed by atoms with Crippen LogP contribution in [0.1, 0.15) is 5.56 Å². The fourth-order valence-corrected chi connectivity index (χ4v) is 4.45. The molecule has 48 heavy (non-hydrogen) atoms. The number of carboxylic acid groups (broad SMARTS) is 2. The number of hydrogen-bond donors (Lipinski definition) is 2. The van der Waals surface area contributed by atoms with Crippen LogP contribution in [0, 0.1) is 0 Å². The van der Waals surface area contributed by atoms with E-state index >= 15 is 0 Å². The SMILES string of the molecule is COc1ccc(N2CCN(c3ccc(Cl)c(C(F)(F)F)c3)CC2)c(-c2ccc(N(C)C)cc2)c1.O=C(O)C(F)(F)F.O=C(O)C(F)(F)F. The summed E-state index contributed by atoms with van der Waals surface area (Å²) in [7, 11) is 5.65. The van der Waals surface area contributed by atoms with Crippen LogP contribution in [0.25, 0.3) is 11.1 Å². The number of benzene rings is 3. The molecule has 18 heteroatoms. The molecule has 264 valence electrons. The molecule has 1 aliphatic heterocycles. The molecule has 4 rings (SSSR count). The van der Waals surface area contributed by atoms with Crippen LogP contribution in [0.3, 0.4) is 0 Å². The maximum atomic E-state index is 13.3. The van der Waals surface area contributed by atoms with Gasteiger partial charge >= 0.3 is 30.5 Å². The average molecular weight is 718 g/mol. The molecule has 0 atom stereocenters. The summed E-state index contributed by atoms with van der Waals surface area (Å²) in [4.78, 5) is 24.1. The van der Waals surface area contributed by atoms with Gasteiger partial charge in [-0.3, -0.25) is 0 Å². The third-order valence-corrected chi connectivity index (χ3v) is 6.95. The number of alkyl halides is 9. The molecule has 3 aromatic carbocycles. The number of methoxy groups -OCH3 is 1. The number of ether oxygens (including phenoxy) is 1. The van der Waals surface area contributed by atoms with Crippen molar-refractivity contribution in [1.29, 1.82) is 0 Å². The Hall–Kier alpha value is -4.54. The van der Waals surface area contributed by atoms with Crippen LogP contribution in [0.2, 0.25) is 5.02 Å². The van der Waals surface area contributed by atoms with Crippen molar-refractivity contribution in [3.8, 4) is 16.9 Å². The summed E-state index contributed by atoms with van der Waals surface area (Å²) in [5.74, 6) is -4.74. The Morgan fingerprint density at radius 2 is 1.23 bits per heavy atom. The lowest BCUT2D eigenvalue weighted by molar-refractivity contribution is -0.193. The van der Waals surface area contributed by atoms with Gasteiger partial charge in [-0.05, 0) is 54.1 Å². The first-order valence-electron chi connectivity index (χ1n) is 13.5. The van der Waals surface area contributed by atoms with Gasteiger partial charge in [0, 0.05) is 62.9 Å². The van der Waals surface area contributed by atoms with Gasteiger partial charge in [-0.25, -0.2) is 9.59 Å². The Kier molecular flexibility index (Phi) is 13.2. The van der Waals surface area contributed by atoms with Crippen LogP contribution < -0.4 is 19.4 Å². The Labute approximate surface area is 273 Å². The molecule has 2 N–H and O–H groups in total. The first kappa shape index (κ1) is 39.6. The maximum absolute atomic E-state index is 13.3. The predicted octanol–water partition coefficient (Wildman–Crippen LogP) is 7.69. The van der Waals surface area contributed by atoms with Crippen molar-refractivity contribution < 1.29 is 64.1 Å². The van der Waals surface area contributed by atoms with E-state index in [2.05, 4.69) is 34.1 Å². The summed E-state index contributed by atoms with van der Waals surface area (Å²) in [6.07, 6.45) is -14.6. The Morgan fingerprint density at radius 1 is 0.750 bits per heavy atom. The van der Waals surface area contributed by atoms with Crippen molar-refractivity contribution in [2.24, 2.45) is 0 Å². The lowest BCUT2D eigenvalue weighted by Gasteiger charge is -2.38. The molecule has 0 unspecified atom stereocenters. The van der Waals surface area contributed by atoms with E-state index in [1.54, 1.807) is 13.2 Å². The highest BCUT2D eigenvalue weighted by Gasteiger charge is 2.39. The summed E-state index contributed by atoms with van der Waals surface area (Å²) < 4.78 is 109. The van der Waals surface area contributed by atoms with Crippen molar-refractivity contribution in [2.75, 3.05) is 62.1 Å². The van der Waals surface area contributed by atoms with E-state index in [0.717, 1.165) is 34.3 Å². The van der Waals surface area contributed by atoms with Crippen molar-refractivity contribution in [2.45, 2.75) is 18.5 Å². The number of carboxylic acids is 2. The number of hydrogen-bond acceptors (Lipinski definition) is 6. The second-order valence-corrected chi connectivity index (χ2v) is 10.5. The summed E-state index contributed by atoms with van der Waals surface area (Å²) in [6.45, 7) is 2.56. The molecule has 0 aliphatic carbocycles. The van der Waals surface area contributed by atoms with Crippen molar-refractivity contribution in [3.63, 3.8) is 0 Å². The highest BCUT2D eigenvalue weighted by Crippen LogP contribution is 2.38. The predicted molar refractivity (Wildman–Crippen MR) is 161 cm³/mol. The van der Waals surface area contributed by atoms with Crippen LogP contribution in [0.15, 0.2) is 60.7 Å². The highest BCUT2D eigenvalue weighted by molar-refractivity contribution is 6.31. The largest absolute Gasteiger partial charge is 0.497 e. The van der Waals surface area contributed by atoms with Gasteiger partial charge in [0.05, 0.1) is 17.7 Å². The third kappa shape index (κ3) is 11.3. The van der Waals surface area contributed by atoms with E-state index in [4.69, 9.17) is 36.1 Å². The van der Waals surface area contributed by atoms with Gasteiger partial charge in [0.2, 0.25) is 0 Å². The number of rotatable bonds is 5. The minimum Gasteiger partial charge on any atom is -0.497 e. The zero-order valence-corrected chi connectivity index (χ0v) is 26.1. The quantitative estimate of drug-likeness (QED) is 0.260. The molecule has 1 heterocycles. The summed E-state index contributed by atoms with van der Waals surface area (Å²) in [6, 6.07) is 18.5. The van der Waals surface area contributed by atoms with Crippen molar-refractivity contribution in [1.82, 2.24) is 0 Å². The molecule has 1 fully saturated rings. The molecule has 0 radical (unpaired) electrons. The van der Waals surface area contributed by atoms with Gasteiger partial charge < -0.3 is 29.6 Å². The normalized spacial score (nSPS) is 13.4. The molecule has 0 spiro atoms. The van der Waals surface area contributed by atoms with Crippen molar-refractivity contribution in [3.05, 3.63) is 71.2 Å². The number of piperazine rings is 1. The molecule has 8 nitrogen and oxygen atoms in total. The molecule has 0 aromatic heterocycles. The minimum absolute atomic E-state index is 0.280. The van der Waals surface area contributed by atoms with Crippen LogP contribution >= 0.6 is 11.6 Å². The molecular weight excluding hydrogens is 689 g/mol. The number of halogens is 10. The fraction of sp³-hybridized carbons (Fsp3) is 0.333. The maximum Gasteiger partial charge on any atom is 0.490 e. The minimum atomic E-state index is -5.08. The van der Waals surface area contributed by atoms with Crippen molar-refractivity contribution >= 4 is 40.6 Å². The van der Waals surface area contributed by atoms with E-state index < -0.39 is 36.0 Å². The first-order chi connectivity index (χ1) is 22.1. The molecule has 0 bridgehead atoms. The van der Waals surface area contributed by atoms with Crippen LogP contribution in [0.5, 0.6) is 5.75 Å². The lowest BCUT2D eigenvalue weighted by atomic mass is 10.0. The van der Waals surface area contributed by atoms with Crippen LogP contribution in [-0.4, -0.2) is 81.9 Å². The molecular formula is C30H29ClF9N3O5. The molecule has 0 amide bonds. The monoisotopic (exact) mass is 717 g/mol. The summed E-state index contributed by atoms with van der Waals surface area (Å²) >= 11 is 5.79. The summed E-state index contributed by atoms with van der Waals surface area (Å²) in [5, 5.41) is 14.0. The number of carbonyl (C=O) groups is 2.